The minimum absolute atomic E-state index is 0.110. The van der Waals surface area contributed by atoms with Gasteiger partial charge in [0.25, 0.3) is 0 Å². The molecule has 0 saturated carbocycles. The lowest BCUT2D eigenvalue weighted by atomic mass is 9.94. The summed E-state index contributed by atoms with van der Waals surface area (Å²) in [6.45, 7) is 6.84. The third-order valence-electron chi connectivity index (χ3n) is 8.41. The Hall–Kier alpha value is -1.95. The second kappa shape index (κ2) is 21.0. The molecule has 0 fully saturated rings. The number of hydrogen-bond acceptors (Lipinski definition) is 5. The Labute approximate surface area is 272 Å². The predicted molar refractivity (Wildman–Crippen MR) is 188 cm³/mol. The summed E-state index contributed by atoms with van der Waals surface area (Å²) in [6, 6.07) is 15.8. The fraction of sp³-hybridized carbons (Fsp3) is 0.641. The summed E-state index contributed by atoms with van der Waals surface area (Å²) < 4.78 is 0. The van der Waals surface area contributed by atoms with Gasteiger partial charge >= 0.3 is 0 Å². The molecule has 246 valence electrons. The first-order valence-electron chi connectivity index (χ1n) is 17.3. The van der Waals surface area contributed by atoms with Gasteiger partial charge in [0.2, 0.25) is 0 Å². The van der Waals surface area contributed by atoms with Crippen LogP contribution < -0.4 is 0 Å². The molecular weight excluding hydrogens is 564 g/mol. The van der Waals surface area contributed by atoms with Crippen LogP contribution in [0.15, 0.2) is 48.5 Å². The first-order chi connectivity index (χ1) is 21.1. The van der Waals surface area contributed by atoms with Crippen LogP contribution in [-0.2, 0) is 11.2 Å². The molecule has 0 aliphatic carbocycles. The van der Waals surface area contributed by atoms with E-state index in [2.05, 4.69) is 19.1 Å². The van der Waals surface area contributed by atoms with Crippen molar-refractivity contribution in [3.05, 3.63) is 70.8 Å². The zero-order valence-corrected chi connectivity index (χ0v) is 28.9. The lowest BCUT2D eigenvalue weighted by Gasteiger charge is -2.21. The Morgan fingerprint density at radius 2 is 1.09 bits per heavy atom. The van der Waals surface area contributed by atoms with E-state index in [0.29, 0.717) is 11.8 Å². The Balaban J connectivity index is 1.79. The molecule has 0 heterocycles. The average molecular weight is 625 g/mol. The van der Waals surface area contributed by atoms with E-state index in [0.717, 1.165) is 22.4 Å². The molecule has 0 amide bonds. The van der Waals surface area contributed by atoms with E-state index in [1.54, 1.807) is 0 Å². The number of thioether (sulfide) groups is 1. The summed E-state index contributed by atoms with van der Waals surface area (Å²) in [4.78, 5) is 23.7. The molecule has 0 aliphatic rings. The predicted octanol–water partition coefficient (Wildman–Crippen LogP) is 10.2. The highest BCUT2D eigenvalue weighted by atomic mass is 32.2. The second-order valence-corrected chi connectivity index (χ2v) is 14.7. The van der Waals surface area contributed by atoms with E-state index in [1.165, 1.54) is 124 Å². The minimum atomic E-state index is -1.40. The molecule has 2 aromatic carbocycles. The molecule has 5 heteroatoms. The van der Waals surface area contributed by atoms with Gasteiger partial charge in [-0.1, -0.05) is 152 Å². The van der Waals surface area contributed by atoms with Gasteiger partial charge in [-0.2, -0.15) is 0 Å². The Morgan fingerprint density at radius 3 is 1.50 bits per heavy atom. The summed E-state index contributed by atoms with van der Waals surface area (Å²) in [5, 5.41) is 20.4. The van der Waals surface area contributed by atoms with Crippen molar-refractivity contribution in [1.82, 2.24) is 0 Å². The number of aliphatic hydroxyl groups is 2. The largest absolute Gasteiger partial charge is 0.382 e. The number of aldehydes is 1. The molecular formula is C39H60O4S. The van der Waals surface area contributed by atoms with Crippen molar-refractivity contribution in [2.24, 2.45) is 0 Å². The lowest BCUT2D eigenvalue weighted by Crippen LogP contribution is -2.31. The molecule has 2 aromatic rings. The van der Waals surface area contributed by atoms with Crippen LogP contribution in [0.25, 0.3) is 0 Å². The maximum atomic E-state index is 12.5. The van der Waals surface area contributed by atoms with Gasteiger partial charge in [0.1, 0.15) is 11.2 Å². The zero-order valence-electron chi connectivity index (χ0n) is 28.1. The van der Waals surface area contributed by atoms with Gasteiger partial charge < -0.3 is 15.0 Å². The Morgan fingerprint density at radius 1 is 0.682 bits per heavy atom. The average Bonchev–Trinajstić information content (AvgIpc) is 3.00. The molecule has 44 heavy (non-hydrogen) atoms. The first kappa shape index (κ1) is 38.2. The van der Waals surface area contributed by atoms with E-state index in [1.807, 2.05) is 48.2 Å². The number of hydrogen-bond donors (Lipinski definition) is 2. The second-order valence-electron chi connectivity index (χ2n) is 13.5. The van der Waals surface area contributed by atoms with Crippen LogP contribution in [0.2, 0.25) is 0 Å². The fourth-order valence-electron chi connectivity index (χ4n) is 5.66. The molecule has 0 aliphatic heterocycles. The van der Waals surface area contributed by atoms with Gasteiger partial charge in [-0.05, 0) is 49.6 Å². The maximum Gasteiger partial charge on any atom is 0.193 e. The number of carbonyl (C=O) groups is 2. The number of carbonyl (C=O) groups excluding carboxylic acids is 2. The van der Waals surface area contributed by atoms with Crippen LogP contribution in [0.4, 0.5) is 0 Å². The van der Waals surface area contributed by atoms with Gasteiger partial charge in [0, 0.05) is 12.0 Å². The van der Waals surface area contributed by atoms with E-state index < -0.39 is 11.2 Å². The van der Waals surface area contributed by atoms with Crippen LogP contribution in [0.3, 0.4) is 0 Å². The molecule has 0 radical (unpaired) electrons. The maximum absolute atomic E-state index is 12.5. The standard InChI is InChI=1S/C39H60O4S/c1-5-6-7-8-9-10-11-12-13-14-15-16-17-18-19-20-29-44-36(33-23-21-32(22-24-33)30-39(4,43)31-40)34-25-27-35(28-26-34)37(41)38(2,3)42/h21-28,31,36,42-43H,5-20,29-30H2,1-4H3. The third-order valence-corrected chi connectivity index (χ3v) is 9.81. The van der Waals surface area contributed by atoms with Crippen molar-refractivity contribution in [2.45, 2.75) is 153 Å². The number of unbranched alkanes of at least 4 members (excludes halogenated alkanes) is 15. The van der Waals surface area contributed by atoms with Gasteiger partial charge in [0.15, 0.2) is 12.1 Å². The highest BCUT2D eigenvalue weighted by Gasteiger charge is 2.26. The highest BCUT2D eigenvalue weighted by Crippen LogP contribution is 2.37. The van der Waals surface area contributed by atoms with Crippen molar-refractivity contribution in [1.29, 1.82) is 0 Å². The molecule has 0 aromatic heterocycles. The molecule has 0 saturated heterocycles. The zero-order chi connectivity index (χ0) is 32.3. The minimum Gasteiger partial charge on any atom is -0.382 e. The smallest absolute Gasteiger partial charge is 0.193 e. The summed E-state index contributed by atoms with van der Waals surface area (Å²) in [5.41, 5.74) is 0.925. The van der Waals surface area contributed by atoms with Gasteiger partial charge in [-0.3, -0.25) is 4.79 Å². The molecule has 2 unspecified atom stereocenters. The quantitative estimate of drug-likeness (QED) is 0.0653. The number of benzene rings is 2. The SMILES string of the molecule is CCCCCCCCCCCCCCCCCCSC(c1ccc(CC(C)(O)C=O)cc1)c1ccc(C(=O)C(C)(C)O)cc1. The first-order valence-corrected chi connectivity index (χ1v) is 18.4. The summed E-state index contributed by atoms with van der Waals surface area (Å²) in [6.07, 6.45) is 22.7. The van der Waals surface area contributed by atoms with Gasteiger partial charge in [-0.15, -0.1) is 11.8 Å². The van der Waals surface area contributed by atoms with Crippen LogP contribution in [0.1, 0.15) is 163 Å². The number of Topliss-reactive ketones (excluding diaryl/α,β-unsaturated/α-hetero) is 1. The van der Waals surface area contributed by atoms with E-state index >= 15 is 0 Å². The van der Waals surface area contributed by atoms with Crippen molar-refractivity contribution >= 4 is 23.8 Å². The summed E-state index contributed by atoms with van der Waals surface area (Å²) >= 11 is 1.92. The monoisotopic (exact) mass is 624 g/mol. The summed E-state index contributed by atoms with van der Waals surface area (Å²) in [7, 11) is 0. The van der Waals surface area contributed by atoms with Gasteiger partial charge in [-0.25, -0.2) is 0 Å². The molecule has 4 nitrogen and oxygen atoms in total. The third kappa shape index (κ3) is 15.4. The molecule has 2 rings (SSSR count). The van der Waals surface area contributed by atoms with E-state index in [9.17, 15) is 19.8 Å². The Bertz CT molecular complexity index is 1050. The van der Waals surface area contributed by atoms with Gasteiger partial charge in [0.05, 0.1) is 5.25 Å². The van der Waals surface area contributed by atoms with E-state index in [-0.39, 0.29) is 17.5 Å². The molecule has 0 bridgehead atoms. The topological polar surface area (TPSA) is 74.6 Å². The van der Waals surface area contributed by atoms with Crippen LogP contribution in [0.5, 0.6) is 0 Å². The lowest BCUT2D eigenvalue weighted by molar-refractivity contribution is -0.122. The summed E-state index contributed by atoms with van der Waals surface area (Å²) in [5.74, 6) is 0.766. The van der Waals surface area contributed by atoms with E-state index in [4.69, 9.17) is 0 Å². The number of rotatable bonds is 25. The van der Waals surface area contributed by atoms with Crippen LogP contribution in [-0.4, -0.2) is 39.2 Å². The molecule has 2 atom stereocenters. The van der Waals surface area contributed by atoms with Crippen LogP contribution >= 0.6 is 11.8 Å². The van der Waals surface area contributed by atoms with Crippen molar-refractivity contribution < 1.29 is 19.8 Å². The van der Waals surface area contributed by atoms with Crippen molar-refractivity contribution in [3.8, 4) is 0 Å². The number of ketones is 1. The Kier molecular flexibility index (Phi) is 18.2. The fourth-order valence-corrected chi connectivity index (χ4v) is 6.97. The highest BCUT2D eigenvalue weighted by molar-refractivity contribution is 7.99. The van der Waals surface area contributed by atoms with Crippen LogP contribution in [0, 0.1) is 0 Å². The van der Waals surface area contributed by atoms with Crippen molar-refractivity contribution in [2.75, 3.05) is 5.75 Å². The van der Waals surface area contributed by atoms with Crippen molar-refractivity contribution in [3.63, 3.8) is 0 Å². The molecule has 0 spiro atoms. The molecule has 2 N–H and O–H groups in total. The normalized spacial score (nSPS) is 13.9.